The van der Waals surface area contributed by atoms with Gasteiger partial charge in [0.2, 0.25) is 0 Å². The Bertz CT molecular complexity index is 456. The molecular formula is C14H23N3OS. The SMILES string of the molecule is Cc1nc(CC(C)C)c(C(=O)N2CCC[C@@H](N)C2)s1. The second-order valence-corrected chi connectivity index (χ2v) is 6.96. The molecule has 0 saturated carbocycles. The van der Waals surface area contributed by atoms with Crippen molar-refractivity contribution in [2.45, 2.75) is 46.1 Å². The minimum absolute atomic E-state index is 0.122. The number of amides is 1. The van der Waals surface area contributed by atoms with Crippen LogP contribution in [0.4, 0.5) is 0 Å². The highest BCUT2D eigenvalue weighted by atomic mass is 32.1. The highest BCUT2D eigenvalue weighted by Gasteiger charge is 2.26. The second-order valence-electron chi connectivity index (χ2n) is 5.76. The maximum atomic E-state index is 12.6. The van der Waals surface area contributed by atoms with E-state index in [4.69, 9.17) is 5.73 Å². The highest BCUT2D eigenvalue weighted by Crippen LogP contribution is 2.24. The van der Waals surface area contributed by atoms with E-state index in [1.165, 1.54) is 11.3 Å². The van der Waals surface area contributed by atoms with E-state index in [-0.39, 0.29) is 11.9 Å². The van der Waals surface area contributed by atoms with Crippen LogP contribution in [0.3, 0.4) is 0 Å². The normalized spacial score (nSPS) is 20.1. The molecule has 1 aliphatic heterocycles. The largest absolute Gasteiger partial charge is 0.336 e. The van der Waals surface area contributed by atoms with Crippen molar-refractivity contribution in [1.82, 2.24) is 9.88 Å². The third-order valence-corrected chi connectivity index (χ3v) is 4.35. The molecule has 1 aliphatic rings. The molecule has 106 valence electrons. The lowest BCUT2D eigenvalue weighted by Gasteiger charge is -2.30. The highest BCUT2D eigenvalue weighted by molar-refractivity contribution is 7.13. The zero-order valence-electron chi connectivity index (χ0n) is 12.0. The first-order valence-electron chi connectivity index (χ1n) is 6.98. The van der Waals surface area contributed by atoms with Crippen LogP contribution >= 0.6 is 11.3 Å². The molecule has 5 heteroatoms. The lowest BCUT2D eigenvalue weighted by atomic mass is 10.0. The summed E-state index contributed by atoms with van der Waals surface area (Å²) < 4.78 is 0. The summed E-state index contributed by atoms with van der Waals surface area (Å²) in [5, 5.41) is 0.973. The standard InChI is InChI=1S/C14H23N3OS/c1-9(2)7-12-13(19-10(3)16-12)14(18)17-6-4-5-11(15)8-17/h9,11H,4-8,15H2,1-3H3/t11-/m1/s1. The van der Waals surface area contributed by atoms with E-state index in [0.717, 1.165) is 41.4 Å². The van der Waals surface area contributed by atoms with Gasteiger partial charge in [0.05, 0.1) is 10.7 Å². The van der Waals surface area contributed by atoms with E-state index in [1.807, 2.05) is 11.8 Å². The molecule has 1 atom stereocenters. The van der Waals surface area contributed by atoms with Crippen LogP contribution in [0.2, 0.25) is 0 Å². The van der Waals surface area contributed by atoms with Crippen molar-refractivity contribution in [2.75, 3.05) is 13.1 Å². The first-order valence-corrected chi connectivity index (χ1v) is 7.80. The van der Waals surface area contributed by atoms with E-state index < -0.39 is 0 Å². The number of piperidine rings is 1. The molecule has 0 radical (unpaired) electrons. The number of nitrogens with zero attached hydrogens (tertiary/aromatic N) is 2. The van der Waals surface area contributed by atoms with E-state index in [0.29, 0.717) is 12.5 Å². The average Bonchev–Trinajstić information content (AvgIpc) is 2.68. The summed E-state index contributed by atoms with van der Waals surface area (Å²) in [6.45, 7) is 7.77. The van der Waals surface area contributed by atoms with Gasteiger partial charge in [-0.1, -0.05) is 13.8 Å². The minimum atomic E-state index is 0.122. The van der Waals surface area contributed by atoms with Crippen LogP contribution in [0.1, 0.15) is 47.1 Å². The number of hydrogen-bond donors (Lipinski definition) is 1. The van der Waals surface area contributed by atoms with Crippen molar-refractivity contribution < 1.29 is 4.79 Å². The molecule has 0 unspecified atom stereocenters. The Labute approximate surface area is 119 Å². The third kappa shape index (κ3) is 3.54. The van der Waals surface area contributed by atoms with Crippen LogP contribution in [0.25, 0.3) is 0 Å². The summed E-state index contributed by atoms with van der Waals surface area (Å²) in [4.78, 5) is 19.8. The molecule has 1 aromatic rings. The summed E-state index contributed by atoms with van der Waals surface area (Å²) >= 11 is 1.52. The predicted octanol–water partition coefficient (Wildman–Crippen LogP) is 2.21. The van der Waals surface area contributed by atoms with E-state index >= 15 is 0 Å². The smallest absolute Gasteiger partial charge is 0.265 e. The summed E-state index contributed by atoms with van der Waals surface area (Å²) in [6.07, 6.45) is 2.89. The van der Waals surface area contributed by atoms with Gasteiger partial charge in [-0.2, -0.15) is 0 Å². The summed E-state index contributed by atoms with van der Waals surface area (Å²) in [5.74, 6) is 0.632. The predicted molar refractivity (Wildman–Crippen MR) is 78.5 cm³/mol. The van der Waals surface area contributed by atoms with Crippen molar-refractivity contribution in [1.29, 1.82) is 0 Å². The lowest BCUT2D eigenvalue weighted by Crippen LogP contribution is -2.45. The van der Waals surface area contributed by atoms with Crippen molar-refractivity contribution in [3.8, 4) is 0 Å². The van der Waals surface area contributed by atoms with Crippen LogP contribution in [0.5, 0.6) is 0 Å². The Kier molecular flexibility index (Phi) is 4.58. The quantitative estimate of drug-likeness (QED) is 0.924. The van der Waals surface area contributed by atoms with Gasteiger partial charge in [0.25, 0.3) is 5.91 Å². The second kappa shape index (κ2) is 6.01. The molecule has 0 bridgehead atoms. The van der Waals surface area contributed by atoms with Crippen molar-refractivity contribution >= 4 is 17.2 Å². The number of aromatic nitrogens is 1. The van der Waals surface area contributed by atoms with E-state index in [9.17, 15) is 4.79 Å². The van der Waals surface area contributed by atoms with Crippen LogP contribution in [-0.2, 0) is 6.42 Å². The number of carbonyl (C=O) groups excluding carboxylic acids is 1. The van der Waals surface area contributed by atoms with Gasteiger partial charge in [-0.05, 0) is 32.1 Å². The maximum Gasteiger partial charge on any atom is 0.265 e. The van der Waals surface area contributed by atoms with Gasteiger partial charge in [0.1, 0.15) is 4.88 Å². The number of rotatable bonds is 3. The van der Waals surface area contributed by atoms with Crippen molar-refractivity contribution in [3.05, 3.63) is 15.6 Å². The van der Waals surface area contributed by atoms with Gasteiger partial charge in [0.15, 0.2) is 0 Å². The monoisotopic (exact) mass is 281 g/mol. The Morgan fingerprint density at radius 1 is 1.58 bits per heavy atom. The fourth-order valence-electron chi connectivity index (χ4n) is 2.50. The van der Waals surface area contributed by atoms with Gasteiger partial charge in [-0.3, -0.25) is 4.79 Å². The Morgan fingerprint density at radius 2 is 2.32 bits per heavy atom. The number of carbonyl (C=O) groups is 1. The molecule has 1 saturated heterocycles. The fraction of sp³-hybridized carbons (Fsp3) is 0.714. The van der Waals surface area contributed by atoms with Crippen LogP contribution < -0.4 is 5.73 Å². The summed E-state index contributed by atoms with van der Waals surface area (Å²) in [7, 11) is 0. The topological polar surface area (TPSA) is 59.2 Å². The first kappa shape index (κ1) is 14.5. The van der Waals surface area contributed by atoms with Gasteiger partial charge < -0.3 is 10.6 Å². The molecule has 1 fully saturated rings. The third-order valence-electron chi connectivity index (χ3n) is 3.35. The summed E-state index contributed by atoms with van der Waals surface area (Å²) in [5.41, 5.74) is 6.92. The molecule has 1 aromatic heterocycles. The zero-order chi connectivity index (χ0) is 14.0. The van der Waals surface area contributed by atoms with Crippen LogP contribution in [0, 0.1) is 12.8 Å². The number of thiazole rings is 1. The van der Waals surface area contributed by atoms with Gasteiger partial charge in [-0.25, -0.2) is 4.98 Å². The molecule has 0 aliphatic carbocycles. The molecule has 19 heavy (non-hydrogen) atoms. The lowest BCUT2D eigenvalue weighted by molar-refractivity contribution is 0.0712. The van der Waals surface area contributed by atoms with Crippen molar-refractivity contribution in [3.63, 3.8) is 0 Å². The number of hydrogen-bond acceptors (Lipinski definition) is 4. The Balaban J connectivity index is 2.18. The molecular weight excluding hydrogens is 258 g/mol. The Morgan fingerprint density at radius 3 is 2.95 bits per heavy atom. The zero-order valence-corrected chi connectivity index (χ0v) is 12.8. The maximum absolute atomic E-state index is 12.6. The summed E-state index contributed by atoms with van der Waals surface area (Å²) in [6, 6.07) is 0.125. The van der Waals surface area contributed by atoms with Crippen LogP contribution in [0.15, 0.2) is 0 Å². The molecule has 1 amide bonds. The number of aryl methyl sites for hydroxylation is 1. The molecule has 2 rings (SSSR count). The Hall–Kier alpha value is -0.940. The number of nitrogens with two attached hydrogens (primary N) is 1. The van der Waals surface area contributed by atoms with Gasteiger partial charge >= 0.3 is 0 Å². The van der Waals surface area contributed by atoms with E-state index in [1.54, 1.807) is 0 Å². The first-order chi connectivity index (χ1) is 8.97. The van der Waals surface area contributed by atoms with Gasteiger partial charge in [-0.15, -0.1) is 11.3 Å². The molecule has 2 N–H and O–H groups in total. The van der Waals surface area contributed by atoms with Crippen LogP contribution in [-0.4, -0.2) is 34.9 Å². The molecule has 2 heterocycles. The van der Waals surface area contributed by atoms with Crippen molar-refractivity contribution in [2.24, 2.45) is 11.7 Å². The molecule has 4 nitrogen and oxygen atoms in total. The molecule has 0 spiro atoms. The number of likely N-dealkylation sites (tertiary alicyclic amines) is 1. The van der Waals surface area contributed by atoms with Gasteiger partial charge in [0, 0.05) is 19.1 Å². The minimum Gasteiger partial charge on any atom is -0.336 e. The van der Waals surface area contributed by atoms with E-state index in [2.05, 4.69) is 18.8 Å². The molecule has 0 aromatic carbocycles. The average molecular weight is 281 g/mol. The fourth-order valence-corrected chi connectivity index (χ4v) is 3.41.